The number of hydrogen-bond donors (Lipinski definition) is 9. The van der Waals surface area contributed by atoms with E-state index >= 15 is 0 Å². The highest BCUT2D eigenvalue weighted by Crippen LogP contribution is 2.06. The fraction of sp³-hybridized carbons (Fsp3) is 1.00. The highest BCUT2D eigenvalue weighted by Gasteiger charge is 2.05. The minimum atomic E-state index is 0. The minimum absolute atomic E-state index is 0. The Kier molecular flexibility index (Phi) is 69.7. The third kappa shape index (κ3) is 57.2. The van der Waals surface area contributed by atoms with E-state index in [1.54, 1.807) is 0 Å². The van der Waals surface area contributed by atoms with E-state index in [1.165, 1.54) is 19.3 Å². The fourth-order valence-electron chi connectivity index (χ4n) is 3.69. The van der Waals surface area contributed by atoms with Crippen LogP contribution < -0.4 is 48.3 Å². The summed E-state index contributed by atoms with van der Waals surface area (Å²) in [6.07, 6.45) is 3.94. The van der Waals surface area contributed by atoms with Crippen LogP contribution in [0.25, 0.3) is 0 Å². The van der Waals surface area contributed by atoms with Gasteiger partial charge in [-0.3, -0.25) is 14.7 Å². The molecule has 13 heteroatoms. The summed E-state index contributed by atoms with van der Waals surface area (Å²) < 4.78 is 0. The van der Waals surface area contributed by atoms with Gasteiger partial charge < -0.3 is 53.2 Å². The number of nitrogens with two attached hydrogens (primary N) is 1. The van der Waals surface area contributed by atoms with Gasteiger partial charge in [-0.1, -0.05) is 28.7 Å². The lowest BCUT2D eigenvalue weighted by Crippen LogP contribution is -2.40. The molecule has 0 heterocycles. The van der Waals surface area contributed by atoms with Crippen LogP contribution in [0.4, 0.5) is 0 Å². The first kappa shape index (κ1) is 59.0. The van der Waals surface area contributed by atoms with Crippen molar-refractivity contribution in [1.82, 2.24) is 62.1 Å². The summed E-state index contributed by atoms with van der Waals surface area (Å²) in [6.45, 7) is 12.1. The molecule has 44 heavy (non-hydrogen) atoms. The van der Waals surface area contributed by atoms with Crippen LogP contribution >= 0.6 is 0 Å². The molecule has 0 rings (SSSR count). The molecule has 0 unspecified atom stereocenters. The van der Waals surface area contributed by atoms with E-state index in [9.17, 15) is 0 Å². The van der Waals surface area contributed by atoms with Crippen molar-refractivity contribution in [2.75, 3.05) is 164 Å². The summed E-state index contributed by atoms with van der Waals surface area (Å²) in [4.78, 5) is 8.68. The third-order valence-corrected chi connectivity index (χ3v) is 5.84. The quantitative estimate of drug-likeness (QED) is 0.0511. The van der Waals surface area contributed by atoms with Crippen LogP contribution in [0.3, 0.4) is 0 Å². The molecule has 0 saturated carbocycles. The van der Waals surface area contributed by atoms with Gasteiger partial charge in [-0.15, -0.1) is 0 Å². The summed E-state index contributed by atoms with van der Waals surface area (Å²) in [7, 11) is 24.1. The topological polar surface area (TPSA) is 135 Å². The van der Waals surface area contributed by atoms with Crippen LogP contribution in [0, 0.1) is 5.92 Å². The maximum atomic E-state index is 5.24. The SMILES string of the molecule is C.C.C.CNCCCCC(CNC)CNC.CNCCN(C)CCNC.CNCN(C)CN.CNCN(C)CN(C)CNC. The Bertz CT molecular complexity index is 413. The van der Waals surface area contributed by atoms with Gasteiger partial charge in [0, 0.05) is 52.9 Å². The van der Waals surface area contributed by atoms with E-state index in [0.717, 1.165) is 78.4 Å². The molecule has 0 aliphatic rings. The Morgan fingerprint density at radius 2 is 0.864 bits per heavy atom. The fourth-order valence-corrected chi connectivity index (χ4v) is 3.69. The molecule has 0 radical (unpaired) electrons. The number of hydrogen-bond acceptors (Lipinski definition) is 13. The van der Waals surface area contributed by atoms with Crippen LogP contribution in [0.2, 0.25) is 0 Å². The molecule has 278 valence electrons. The van der Waals surface area contributed by atoms with Gasteiger partial charge in [0.2, 0.25) is 0 Å². The summed E-state index contributed by atoms with van der Waals surface area (Å²) in [6, 6.07) is 0. The van der Waals surface area contributed by atoms with Gasteiger partial charge in [-0.05, 0) is 123 Å². The van der Waals surface area contributed by atoms with Crippen molar-refractivity contribution in [1.29, 1.82) is 0 Å². The molecule has 0 fully saturated rings. The van der Waals surface area contributed by atoms with Crippen molar-refractivity contribution in [2.24, 2.45) is 11.7 Å². The van der Waals surface area contributed by atoms with Crippen LogP contribution in [0.15, 0.2) is 0 Å². The number of rotatable bonds is 24. The lowest BCUT2D eigenvalue weighted by molar-refractivity contribution is 0.170. The molecule has 0 aliphatic heterocycles. The van der Waals surface area contributed by atoms with Crippen molar-refractivity contribution in [3.05, 3.63) is 0 Å². The Hall–Kier alpha value is -0.520. The lowest BCUT2D eigenvalue weighted by Gasteiger charge is -2.23. The van der Waals surface area contributed by atoms with Crippen molar-refractivity contribution < 1.29 is 0 Å². The molecular formula is C31H89N13. The van der Waals surface area contributed by atoms with Crippen molar-refractivity contribution in [3.8, 4) is 0 Å². The van der Waals surface area contributed by atoms with Gasteiger partial charge >= 0.3 is 0 Å². The Morgan fingerprint density at radius 3 is 1.16 bits per heavy atom. The first-order chi connectivity index (χ1) is 19.7. The maximum Gasteiger partial charge on any atom is 0.0523 e. The Balaban J connectivity index is -0.0000000827. The summed E-state index contributed by atoms with van der Waals surface area (Å²) in [5, 5.41) is 25.0. The van der Waals surface area contributed by atoms with E-state index in [2.05, 4.69) is 78.4 Å². The number of likely N-dealkylation sites (N-methyl/N-ethyl adjacent to an activating group) is 3. The minimum Gasteiger partial charge on any atom is -0.320 e. The second-order valence-electron chi connectivity index (χ2n) is 10.5. The van der Waals surface area contributed by atoms with Crippen LogP contribution in [-0.2, 0) is 0 Å². The summed E-state index contributed by atoms with van der Waals surface area (Å²) >= 11 is 0. The molecule has 0 aliphatic carbocycles. The first-order valence-corrected chi connectivity index (χ1v) is 15.3. The van der Waals surface area contributed by atoms with E-state index < -0.39 is 0 Å². The number of nitrogens with zero attached hydrogens (tertiary/aromatic N) is 4. The molecule has 0 bridgehead atoms. The van der Waals surface area contributed by atoms with E-state index in [4.69, 9.17) is 5.73 Å². The van der Waals surface area contributed by atoms with Crippen LogP contribution in [0.5, 0.6) is 0 Å². The first-order valence-electron chi connectivity index (χ1n) is 15.3. The molecule has 0 aromatic carbocycles. The van der Waals surface area contributed by atoms with Gasteiger partial charge in [0.25, 0.3) is 0 Å². The van der Waals surface area contributed by atoms with Gasteiger partial charge in [-0.25, -0.2) is 0 Å². The Labute approximate surface area is 279 Å². The zero-order chi connectivity index (χ0) is 32.2. The van der Waals surface area contributed by atoms with E-state index in [1.807, 2.05) is 68.3 Å². The molecule has 0 amide bonds. The van der Waals surface area contributed by atoms with Gasteiger partial charge in [0.05, 0.1) is 6.67 Å². The zero-order valence-corrected chi connectivity index (χ0v) is 29.6. The standard InChI is InChI=1S/C10H25N3.C7H20N4.C7H19N3.C4H13N3.3CH4/c1-11-7-5-4-6-10(8-12-2)9-13-3;1-8-5-10(3)7-11(4)6-9-2;1-8-4-6-10(3)7-5-9-2;1-6-4-7(2)3-5;;;/h10-13H,4-9H2,1-3H3;8-9H,5-7H2,1-4H3;8-9H,4-7H2,1-3H3;6H,3-5H2,1-2H3;3*1H4. The molecule has 0 aromatic heterocycles. The second-order valence-corrected chi connectivity index (χ2v) is 10.5. The molecular weight excluding hydrogens is 554 g/mol. The van der Waals surface area contributed by atoms with Crippen molar-refractivity contribution >= 4 is 0 Å². The summed E-state index contributed by atoms with van der Waals surface area (Å²) in [5.41, 5.74) is 5.24. The van der Waals surface area contributed by atoms with E-state index in [-0.39, 0.29) is 22.3 Å². The second kappa shape index (κ2) is 52.0. The highest BCUT2D eigenvalue weighted by atomic mass is 15.3. The van der Waals surface area contributed by atoms with Crippen LogP contribution in [0.1, 0.15) is 41.5 Å². The normalized spacial score (nSPS) is 10.2. The smallest absolute Gasteiger partial charge is 0.0523 e. The van der Waals surface area contributed by atoms with Crippen molar-refractivity contribution in [2.45, 2.75) is 41.5 Å². The van der Waals surface area contributed by atoms with Crippen molar-refractivity contribution in [3.63, 3.8) is 0 Å². The molecule has 0 aromatic rings. The largest absolute Gasteiger partial charge is 0.320 e. The third-order valence-electron chi connectivity index (χ3n) is 5.84. The van der Waals surface area contributed by atoms with Gasteiger partial charge in [0.1, 0.15) is 0 Å². The predicted molar refractivity (Wildman–Crippen MR) is 204 cm³/mol. The number of unbranched alkanes of at least 4 members (excludes halogenated alkanes) is 1. The monoisotopic (exact) mass is 644 g/mol. The van der Waals surface area contributed by atoms with Crippen LogP contribution in [-0.4, -0.2) is 183 Å². The molecule has 10 N–H and O–H groups in total. The zero-order valence-electron chi connectivity index (χ0n) is 29.6. The molecule has 0 atom stereocenters. The molecule has 0 spiro atoms. The van der Waals surface area contributed by atoms with Gasteiger partial charge in [-0.2, -0.15) is 0 Å². The Morgan fingerprint density at radius 1 is 0.477 bits per heavy atom. The predicted octanol–water partition coefficient (Wildman–Crippen LogP) is -0.131. The average molecular weight is 644 g/mol. The maximum absolute atomic E-state index is 5.24. The molecule has 13 nitrogen and oxygen atoms in total. The van der Waals surface area contributed by atoms with E-state index in [0.29, 0.717) is 6.67 Å². The highest BCUT2D eigenvalue weighted by molar-refractivity contribution is 4.63. The number of nitrogens with one attached hydrogen (secondary N) is 8. The lowest BCUT2D eigenvalue weighted by atomic mass is 10.0. The summed E-state index contributed by atoms with van der Waals surface area (Å²) in [5.74, 6) is 0.784. The van der Waals surface area contributed by atoms with Gasteiger partial charge in [0.15, 0.2) is 0 Å². The molecule has 0 saturated heterocycles. The average Bonchev–Trinajstić information content (AvgIpc) is 2.94.